The fourth-order valence-corrected chi connectivity index (χ4v) is 16.1. The van der Waals surface area contributed by atoms with E-state index >= 15 is 0 Å². The second-order valence-corrected chi connectivity index (χ2v) is 26.7. The second kappa shape index (κ2) is 23.4. The van der Waals surface area contributed by atoms with Gasteiger partial charge in [-0.05, 0) is 178 Å². The van der Waals surface area contributed by atoms with Crippen molar-refractivity contribution in [1.29, 1.82) is 0 Å². The molecule has 0 fully saturated rings. The number of anilines is 6. The molecule has 0 unspecified atom stereocenters. The van der Waals surface area contributed by atoms with Crippen LogP contribution in [0.4, 0.5) is 34.1 Å². The summed E-state index contributed by atoms with van der Waals surface area (Å²) in [6.45, 7) is 0. The molecule has 0 atom stereocenters. The number of rotatable bonds is 12. The summed E-state index contributed by atoms with van der Waals surface area (Å²) in [6.07, 6.45) is 0. The van der Waals surface area contributed by atoms with E-state index in [1.54, 1.807) is 0 Å². The molecule has 0 spiro atoms. The lowest BCUT2D eigenvalue weighted by Gasteiger charge is -2.27. The maximum atomic E-state index is 7.09. The molecule has 0 N–H and O–H groups in total. The third kappa shape index (κ3) is 9.51. The number of para-hydroxylation sites is 6. The summed E-state index contributed by atoms with van der Waals surface area (Å²) in [7, 11) is 0. The predicted octanol–water partition coefficient (Wildman–Crippen LogP) is 27.2. The van der Waals surface area contributed by atoms with E-state index in [4.69, 9.17) is 13.3 Å². The van der Waals surface area contributed by atoms with Crippen molar-refractivity contribution in [3.63, 3.8) is 0 Å². The van der Waals surface area contributed by atoms with Crippen LogP contribution in [0.5, 0.6) is 0 Å². The average molecular weight is 1320 g/mol. The number of benzene rings is 16. The molecule has 0 amide bonds. The van der Waals surface area contributed by atoms with Crippen LogP contribution >= 0.6 is 0 Å². The lowest BCUT2D eigenvalue weighted by atomic mass is 9.98. The zero-order valence-corrected chi connectivity index (χ0v) is 55.7. The molecule has 0 bridgehead atoms. The van der Waals surface area contributed by atoms with E-state index in [1.165, 1.54) is 33.0 Å². The zero-order valence-electron chi connectivity index (χ0n) is 55.7. The van der Waals surface area contributed by atoms with Gasteiger partial charge in [0.05, 0.1) is 33.4 Å². The maximum Gasteiger partial charge on any atom is 0.137 e. The molecular formula is C96H60N4O3. The van der Waals surface area contributed by atoms with Gasteiger partial charge in [-0.15, -0.1) is 0 Å². The minimum absolute atomic E-state index is 0.767. The fourth-order valence-electron chi connectivity index (χ4n) is 16.1. The Hall–Kier alpha value is -13.9. The van der Waals surface area contributed by atoms with Crippen molar-refractivity contribution < 1.29 is 13.3 Å². The fraction of sp³-hybridized carbons (Fsp3) is 0. The van der Waals surface area contributed by atoms with Gasteiger partial charge >= 0.3 is 0 Å². The van der Waals surface area contributed by atoms with Crippen molar-refractivity contribution in [3.05, 3.63) is 364 Å². The van der Waals surface area contributed by atoms with Gasteiger partial charge in [0.25, 0.3) is 0 Å². The van der Waals surface area contributed by atoms with E-state index in [-0.39, 0.29) is 0 Å². The van der Waals surface area contributed by atoms with Crippen LogP contribution in [-0.4, -0.2) is 9.13 Å². The van der Waals surface area contributed by atoms with Crippen LogP contribution in [0.15, 0.2) is 377 Å². The van der Waals surface area contributed by atoms with Crippen molar-refractivity contribution in [2.24, 2.45) is 0 Å². The van der Waals surface area contributed by atoms with E-state index in [2.05, 4.69) is 383 Å². The Labute approximate surface area is 592 Å². The topological polar surface area (TPSA) is 55.8 Å². The van der Waals surface area contributed by atoms with Crippen molar-refractivity contribution in [1.82, 2.24) is 9.13 Å². The van der Waals surface area contributed by atoms with E-state index in [0.29, 0.717) is 0 Å². The Kier molecular flexibility index (Phi) is 13.2. The van der Waals surface area contributed by atoms with E-state index in [9.17, 15) is 0 Å². The molecular weight excluding hydrogens is 1260 g/mol. The van der Waals surface area contributed by atoms with Crippen LogP contribution in [0.3, 0.4) is 0 Å². The first-order valence-corrected chi connectivity index (χ1v) is 35.0. The molecule has 0 aliphatic carbocycles. The quantitative estimate of drug-likeness (QED) is 0.122. The standard InChI is InChI=1S/C96H60N4O3/c1-5-23-61(24-6-1)63-27-17-29-65(51-63)67-31-19-37-71(53-67)97(87-45-21-41-79-75-39-13-15-43-85(75)99(95(79)87)69-33-9-3-10-34-69)73-47-49-77-81-57-93-83(59-91(81)101-89(77)55-73)84-60-92-82(58-94(84)103-93)78-50-48-74(56-90(78)102-92)98(72-38-20-32-68(54-72)66-30-18-28-64(52-66)62-25-7-2-8-26-62)88-46-22-42-80-76-40-14-16-44-86(76)100(96(80)88)70-35-11-4-12-36-70/h1-60H. The molecule has 0 aliphatic rings. The summed E-state index contributed by atoms with van der Waals surface area (Å²) in [5, 5.41) is 10.5. The Balaban J connectivity index is 0.698. The predicted molar refractivity (Wildman–Crippen MR) is 428 cm³/mol. The van der Waals surface area contributed by atoms with Gasteiger partial charge in [-0.3, -0.25) is 0 Å². The summed E-state index contributed by atoms with van der Waals surface area (Å²) in [5.74, 6) is 0. The molecule has 21 rings (SSSR count). The number of hydrogen-bond donors (Lipinski definition) is 0. The summed E-state index contributed by atoms with van der Waals surface area (Å²) >= 11 is 0. The van der Waals surface area contributed by atoms with Crippen molar-refractivity contribution in [3.8, 4) is 55.9 Å². The summed E-state index contributed by atoms with van der Waals surface area (Å²) in [5.41, 5.74) is 26.5. The van der Waals surface area contributed by atoms with Crippen molar-refractivity contribution in [2.45, 2.75) is 0 Å². The van der Waals surface area contributed by atoms with Crippen LogP contribution in [0.1, 0.15) is 0 Å². The minimum atomic E-state index is 0.767. The SMILES string of the molecule is c1ccc(-c2cccc(-c3cccc(N(c4ccc5c(c4)oc4cc6c(cc45)oc4cc5c(cc46)oc4cc(N(c6cccc(-c7cccc(-c8ccccc8)c7)c6)c6cccc7c8ccccc8n(-c8ccccc8)c67)ccc45)c4cccc5c6ccccc6n(-c6ccccc6)c45)c3)c2)cc1. The van der Waals surface area contributed by atoms with E-state index in [1.807, 2.05) is 0 Å². The van der Waals surface area contributed by atoms with Gasteiger partial charge in [0.15, 0.2) is 0 Å². The van der Waals surface area contributed by atoms with Crippen LogP contribution in [-0.2, 0) is 0 Å². The highest BCUT2D eigenvalue weighted by Gasteiger charge is 2.27. The highest BCUT2D eigenvalue weighted by atomic mass is 16.3. The number of hydrogen-bond acceptors (Lipinski definition) is 5. The number of fused-ring (bicyclic) bond motifs is 15. The lowest BCUT2D eigenvalue weighted by molar-refractivity contribution is 0.662. The Morgan fingerprint density at radius 1 is 0.184 bits per heavy atom. The molecule has 16 aromatic carbocycles. The van der Waals surface area contributed by atoms with Crippen molar-refractivity contribution >= 4 is 144 Å². The van der Waals surface area contributed by atoms with Crippen LogP contribution in [0.25, 0.3) is 165 Å². The van der Waals surface area contributed by atoms with Gasteiger partial charge in [0.1, 0.15) is 33.5 Å². The third-order valence-corrected chi connectivity index (χ3v) is 20.8. The molecule has 0 radical (unpaired) electrons. The monoisotopic (exact) mass is 1320 g/mol. The molecule has 103 heavy (non-hydrogen) atoms. The normalized spacial score (nSPS) is 11.9. The smallest absolute Gasteiger partial charge is 0.137 e. The summed E-state index contributed by atoms with van der Waals surface area (Å²) in [4.78, 5) is 4.79. The number of furan rings is 3. The maximum absolute atomic E-state index is 7.09. The highest BCUT2D eigenvalue weighted by Crippen LogP contribution is 2.50. The second-order valence-electron chi connectivity index (χ2n) is 26.7. The average Bonchev–Trinajstić information content (AvgIpc) is 1.59. The molecule has 7 heteroatoms. The molecule has 482 valence electrons. The number of nitrogens with zero attached hydrogens (tertiary/aromatic N) is 4. The Morgan fingerprint density at radius 2 is 0.476 bits per heavy atom. The highest BCUT2D eigenvalue weighted by molar-refractivity contribution is 6.21. The third-order valence-electron chi connectivity index (χ3n) is 20.8. The molecule has 0 aliphatic heterocycles. The van der Waals surface area contributed by atoms with E-state index < -0.39 is 0 Å². The molecule has 0 saturated carbocycles. The Morgan fingerprint density at radius 3 is 0.883 bits per heavy atom. The molecule has 21 aromatic rings. The van der Waals surface area contributed by atoms with Gasteiger partial charge in [-0.25, -0.2) is 0 Å². The molecule has 7 nitrogen and oxygen atoms in total. The largest absolute Gasteiger partial charge is 0.456 e. The van der Waals surface area contributed by atoms with Gasteiger partial charge in [0.2, 0.25) is 0 Å². The van der Waals surface area contributed by atoms with Crippen LogP contribution < -0.4 is 9.80 Å². The molecule has 5 heterocycles. The first kappa shape index (κ1) is 58.1. The minimum Gasteiger partial charge on any atom is -0.456 e. The van der Waals surface area contributed by atoms with Crippen molar-refractivity contribution in [2.75, 3.05) is 9.80 Å². The first-order chi connectivity index (χ1) is 51.0. The number of aromatic nitrogens is 2. The molecule has 0 saturated heterocycles. The van der Waals surface area contributed by atoms with Gasteiger partial charge in [-0.2, -0.15) is 0 Å². The summed E-state index contributed by atoms with van der Waals surface area (Å²) < 4.78 is 25.9. The zero-order chi connectivity index (χ0) is 67.6. The first-order valence-electron chi connectivity index (χ1n) is 35.0. The van der Waals surface area contributed by atoms with Gasteiger partial charge < -0.3 is 32.2 Å². The Bertz CT molecular complexity index is 6520. The van der Waals surface area contributed by atoms with E-state index in [0.717, 1.165) is 166 Å². The lowest BCUT2D eigenvalue weighted by Crippen LogP contribution is -2.11. The van der Waals surface area contributed by atoms with Gasteiger partial charge in [-0.1, -0.05) is 218 Å². The van der Waals surface area contributed by atoms with Crippen LogP contribution in [0, 0.1) is 0 Å². The summed E-state index contributed by atoms with van der Waals surface area (Å²) in [6, 6.07) is 131. The van der Waals surface area contributed by atoms with Crippen LogP contribution in [0.2, 0.25) is 0 Å². The molecule has 5 aromatic heterocycles. The van der Waals surface area contributed by atoms with Gasteiger partial charge in [0, 0.05) is 100 Å².